The fourth-order valence-electron chi connectivity index (χ4n) is 3.70. The van der Waals surface area contributed by atoms with Crippen molar-refractivity contribution in [3.8, 4) is 11.4 Å². The highest BCUT2D eigenvalue weighted by molar-refractivity contribution is 5.76. The summed E-state index contributed by atoms with van der Waals surface area (Å²) in [5.74, 6) is 0.907. The molecule has 3 aromatic rings. The minimum Gasteiger partial charge on any atom is -0.496 e. The number of nitrogens with one attached hydrogen (secondary N) is 2. The number of aryl methyl sites for hydroxylation is 1. The van der Waals surface area contributed by atoms with Crippen LogP contribution in [0.3, 0.4) is 0 Å². The summed E-state index contributed by atoms with van der Waals surface area (Å²) in [4.78, 5) is 13.5. The molecule has 158 valence electrons. The lowest BCUT2D eigenvalue weighted by atomic mass is 10.1. The number of hydrogen-bond donors (Lipinski definition) is 2. The van der Waals surface area contributed by atoms with E-state index in [-0.39, 0.29) is 5.91 Å². The van der Waals surface area contributed by atoms with Gasteiger partial charge in [-0.25, -0.2) is 4.68 Å². The first kappa shape index (κ1) is 21.6. The first-order valence-corrected chi connectivity index (χ1v) is 10.3. The van der Waals surface area contributed by atoms with Crippen molar-refractivity contribution in [2.75, 3.05) is 27.2 Å². The fourth-order valence-corrected chi connectivity index (χ4v) is 3.70. The number of methoxy groups -OCH3 is 1. The fraction of sp³-hybridized carbons (Fsp3) is 0.333. The van der Waals surface area contributed by atoms with Crippen LogP contribution in [-0.4, -0.2) is 42.9 Å². The van der Waals surface area contributed by atoms with E-state index in [0.29, 0.717) is 13.1 Å². The van der Waals surface area contributed by atoms with Crippen molar-refractivity contribution >= 4 is 5.91 Å². The molecule has 3 rings (SSSR count). The second-order valence-electron chi connectivity index (χ2n) is 7.62. The predicted octanol–water partition coefficient (Wildman–Crippen LogP) is 1.87. The molecule has 1 unspecified atom stereocenters. The molecule has 1 heterocycles. The van der Waals surface area contributed by atoms with Crippen LogP contribution >= 0.6 is 0 Å². The number of carbonyl (C=O) groups excluding carboxylic acids is 1. The molecule has 0 bridgehead atoms. The Kier molecular flexibility index (Phi) is 7.25. The third-order valence-electron chi connectivity index (χ3n) is 5.29. The van der Waals surface area contributed by atoms with E-state index in [1.165, 1.54) is 5.56 Å². The summed E-state index contributed by atoms with van der Waals surface area (Å²) in [5.41, 5.74) is 5.47. The van der Waals surface area contributed by atoms with Gasteiger partial charge in [-0.15, -0.1) is 0 Å². The van der Waals surface area contributed by atoms with Crippen molar-refractivity contribution in [3.05, 3.63) is 77.1 Å². The third-order valence-corrected chi connectivity index (χ3v) is 5.29. The number of hydrogen-bond acceptors (Lipinski definition) is 3. The number of ether oxygens (including phenoxy) is 1. The van der Waals surface area contributed by atoms with Crippen molar-refractivity contribution < 1.29 is 14.4 Å². The maximum absolute atomic E-state index is 12.4. The Morgan fingerprint density at radius 1 is 1.10 bits per heavy atom. The van der Waals surface area contributed by atoms with Gasteiger partial charge in [-0.2, -0.15) is 5.10 Å². The molecule has 2 N–H and O–H groups in total. The molecule has 0 aliphatic rings. The third kappa shape index (κ3) is 5.27. The molecule has 0 saturated carbocycles. The van der Waals surface area contributed by atoms with Gasteiger partial charge in [-0.3, -0.25) is 4.79 Å². The SMILES string of the molecule is COc1ccccc1CCNC(=O)C[NH+](C)Cc1c(C)nn(-c2ccccc2)c1C. The Balaban J connectivity index is 1.53. The number of rotatable bonds is 9. The number of para-hydroxylation sites is 2. The van der Waals surface area contributed by atoms with E-state index in [4.69, 9.17) is 9.84 Å². The van der Waals surface area contributed by atoms with Crippen LogP contribution in [0.1, 0.15) is 22.5 Å². The van der Waals surface area contributed by atoms with E-state index in [9.17, 15) is 4.79 Å². The van der Waals surface area contributed by atoms with Crippen LogP contribution < -0.4 is 15.0 Å². The quantitative estimate of drug-likeness (QED) is 0.569. The first-order valence-electron chi connectivity index (χ1n) is 10.3. The molecule has 0 aliphatic carbocycles. The highest BCUT2D eigenvalue weighted by atomic mass is 16.5. The molecule has 1 amide bonds. The van der Waals surface area contributed by atoms with Gasteiger partial charge in [-0.05, 0) is 44.0 Å². The van der Waals surface area contributed by atoms with Crippen molar-refractivity contribution in [2.24, 2.45) is 0 Å². The van der Waals surface area contributed by atoms with Crippen LogP contribution in [0, 0.1) is 13.8 Å². The number of aromatic nitrogens is 2. The number of likely N-dealkylation sites (N-methyl/N-ethyl adjacent to an activating group) is 1. The van der Waals surface area contributed by atoms with Crippen molar-refractivity contribution in [2.45, 2.75) is 26.8 Å². The van der Waals surface area contributed by atoms with Crippen LogP contribution in [0.15, 0.2) is 54.6 Å². The Morgan fingerprint density at radius 3 is 2.53 bits per heavy atom. The molecule has 6 nitrogen and oxygen atoms in total. The van der Waals surface area contributed by atoms with Gasteiger partial charge in [0.15, 0.2) is 6.54 Å². The maximum atomic E-state index is 12.4. The zero-order valence-corrected chi connectivity index (χ0v) is 18.2. The molecule has 0 aliphatic heterocycles. The van der Waals surface area contributed by atoms with E-state index >= 15 is 0 Å². The summed E-state index contributed by atoms with van der Waals surface area (Å²) in [6.45, 7) is 5.88. The predicted molar refractivity (Wildman–Crippen MR) is 118 cm³/mol. The molecule has 0 fully saturated rings. The minimum atomic E-state index is 0.0492. The lowest BCUT2D eigenvalue weighted by molar-refractivity contribution is -0.885. The molecular formula is C24H31N4O2+. The van der Waals surface area contributed by atoms with Crippen LogP contribution in [0.25, 0.3) is 5.69 Å². The van der Waals surface area contributed by atoms with E-state index in [2.05, 4.69) is 24.4 Å². The van der Waals surface area contributed by atoms with Crippen molar-refractivity contribution in [3.63, 3.8) is 0 Å². The smallest absolute Gasteiger partial charge is 0.275 e. The molecule has 0 saturated heterocycles. The summed E-state index contributed by atoms with van der Waals surface area (Å²) < 4.78 is 7.34. The average Bonchev–Trinajstić information content (AvgIpc) is 3.03. The number of quaternary nitrogens is 1. The molecule has 0 spiro atoms. The number of nitrogens with zero attached hydrogens (tertiary/aromatic N) is 2. The molecule has 6 heteroatoms. The zero-order chi connectivity index (χ0) is 21.5. The van der Waals surface area contributed by atoms with Crippen molar-refractivity contribution in [1.82, 2.24) is 15.1 Å². The lowest BCUT2D eigenvalue weighted by Gasteiger charge is -2.15. The van der Waals surface area contributed by atoms with Crippen LogP contribution in [0.2, 0.25) is 0 Å². The van der Waals surface area contributed by atoms with Crippen molar-refractivity contribution in [1.29, 1.82) is 0 Å². The van der Waals surface area contributed by atoms with Gasteiger partial charge in [0.05, 0.1) is 36.8 Å². The molecular weight excluding hydrogens is 376 g/mol. The first-order chi connectivity index (χ1) is 14.5. The van der Waals surface area contributed by atoms with Crippen LogP contribution in [0.4, 0.5) is 0 Å². The average molecular weight is 408 g/mol. The van der Waals surface area contributed by atoms with E-state index in [1.54, 1.807) is 7.11 Å². The normalized spacial score (nSPS) is 11.9. The van der Waals surface area contributed by atoms with Gasteiger partial charge in [0.2, 0.25) is 0 Å². The zero-order valence-electron chi connectivity index (χ0n) is 18.2. The summed E-state index contributed by atoms with van der Waals surface area (Å²) in [7, 11) is 3.71. The van der Waals surface area contributed by atoms with Gasteiger partial charge < -0.3 is 15.0 Å². The minimum absolute atomic E-state index is 0.0492. The van der Waals surface area contributed by atoms with Gasteiger partial charge in [0, 0.05) is 6.54 Å². The van der Waals surface area contributed by atoms with E-state index in [0.717, 1.165) is 46.3 Å². The molecule has 1 aromatic heterocycles. The standard InChI is InChI=1S/C24H30N4O2/c1-18-22(19(2)28(26-18)21-11-6-5-7-12-21)16-27(3)17-24(29)25-15-14-20-10-8-9-13-23(20)30-4/h5-13H,14-17H2,1-4H3,(H,25,29)/p+1. The van der Waals surface area contributed by atoms with Gasteiger partial charge in [0.1, 0.15) is 12.3 Å². The number of benzene rings is 2. The second-order valence-corrected chi connectivity index (χ2v) is 7.62. The molecule has 2 aromatic carbocycles. The summed E-state index contributed by atoms with van der Waals surface area (Å²) in [6.07, 6.45) is 0.747. The summed E-state index contributed by atoms with van der Waals surface area (Å²) >= 11 is 0. The molecule has 1 atom stereocenters. The highest BCUT2D eigenvalue weighted by Crippen LogP contribution is 2.18. The second kappa shape index (κ2) is 10.1. The molecule has 0 radical (unpaired) electrons. The monoisotopic (exact) mass is 407 g/mol. The number of carbonyl (C=O) groups is 1. The van der Waals surface area contributed by atoms with E-state index in [1.807, 2.05) is 61.1 Å². The summed E-state index contributed by atoms with van der Waals surface area (Å²) in [6, 6.07) is 18.0. The molecule has 30 heavy (non-hydrogen) atoms. The Morgan fingerprint density at radius 2 is 1.80 bits per heavy atom. The van der Waals surface area contributed by atoms with Gasteiger partial charge >= 0.3 is 0 Å². The topological polar surface area (TPSA) is 60.6 Å². The number of amides is 1. The largest absolute Gasteiger partial charge is 0.496 e. The van der Waals surface area contributed by atoms with Gasteiger partial charge in [-0.1, -0.05) is 36.4 Å². The maximum Gasteiger partial charge on any atom is 0.275 e. The van der Waals surface area contributed by atoms with Gasteiger partial charge in [0.25, 0.3) is 5.91 Å². The summed E-state index contributed by atoms with van der Waals surface area (Å²) in [5, 5.41) is 7.73. The Bertz CT molecular complexity index is 982. The Hall–Kier alpha value is -3.12. The lowest BCUT2D eigenvalue weighted by Crippen LogP contribution is -3.09. The Labute approximate surface area is 178 Å². The van der Waals surface area contributed by atoms with Crippen LogP contribution in [-0.2, 0) is 17.8 Å². The highest BCUT2D eigenvalue weighted by Gasteiger charge is 2.18. The van der Waals surface area contributed by atoms with E-state index < -0.39 is 0 Å². The van der Waals surface area contributed by atoms with Crippen LogP contribution in [0.5, 0.6) is 5.75 Å².